The fourth-order valence-corrected chi connectivity index (χ4v) is 2.27. The molecule has 1 aliphatic carbocycles. The number of rotatable bonds is 5. The minimum absolute atomic E-state index is 0.248. The number of nitrogens with one attached hydrogen (secondary N) is 2. The van der Waals surface area contributed by atoms with E-state index in [2.05, 4.69) is 25.6 Å². The summed E-state index contributed by atoms with van der Waals surface area (Å²) in [6.45, 7) is 0.448. The van der Waals surface area contributed by atoms with Crippen molar-refractivity contribution in [1.82, 2.24) is 15.0 Å². The predicted molar refractivity (Wildman–Crippen MR) is 72.5 cm³/mol. The molecule has 0 aliphatic heterocycles. The lowest BCUT2D eigenvalue weighted by Crippen LogP contribution is -2.39. The molecule has 7 heteroatoms. The van der Waals surface area contributed by atoms with E-state index in [9.17, 15) is 5.11 Å². The van der Waals surface area contributed by atoms with Crippen LogP contribution in [-0.2, 0) is 0 Å². The monoisotopic (exact) mass is 267 g/mol. The van der Waals surface area contributed by atoms with Crippen molar-refractivity contribution < 1.29 is 9.84 Å². The van der Waals surface area contributed by atoms with Crippen molar-refractivity contribution in [3.05, 3.63) is 0 Å². The standard InChI is InChI=1S/C12H21N5O2/c1-13-9-15-10(17-11(16-9)19-2)14-8-12(18)6-4-3-5-7-12/h18H,3-8H2,1-2H3,(H2,13,14,15,16,17). The van der Waals surface area contributed by atoms with Crippen molar-refractivity contribution >= 4 is 11.9 Å². The zero-order valence-electron chi connectivity index (χ0n) is 11.4. The van der Waals surface area contributed by atoms with E-state index >= 15 is 0 Å². The minimum atomic E-state index is -0.655. The molecule has 1 fully saturated rings. The van der Waals surface area contributed by atoms with Crippen LogP contribution in [0.5, 0.6) is 6.01 Å². The number of ether oxygens (including phenoxy) is 1. The molecule has 1 aromatic heterocycles. The van der Waals surface area contributed by atoms with Crippen LogP contribution >= 0.6 is 0 Å². The molecule has 0 atom stereocenters. The molecule has 2 rings (SSSR count). The van der Waals surface area contributed by atoms with Gasteiger partial charge in [0, 0.05) is 13.6 Å². The summed E-state index contributed by atoms with van der Waals surface area (Å²) in [5.74, 6) is 0.847. The van der Waals surface area contributed by atoms with Gasteiger partial charge in [-0.25, -0.2) is 0 Å². The fraction of sp³-hybridized carbons (Fsp3) is 0.750. The Balaban J connectivity index is 2.02. The summed E-state index contributed by atoms with van der Waals surface area (Å²) >= 11 is 0. The topological polar surface area (TPSA) is 92.2 Å². The maximum atomic E-state index is 10.4. The Kier molecular flexibility index (Phi) is 4.36. The molecule has 1 saturated carbocycles. The maximum Gasteiger partial charge on any atom is 0.322 e. The number of nitrogens with zero attached hydrogens (tertiary/aromatic N) is 3. The van der Waals surface area contributed by atoms with Crippen LogP contribution in [0.25, 0.3) is 0 Å². The van der Waals surface area contributed by atoms with Crippen LogP contribution in [0.15, 0.2) is 0 Å². The van der Waals surface area contributed by atoms with Crippen molar-refractivity contribution in [3.63, 3.8) is 0 Å². The van der Waals surface area contributed by atoms with E-state index in [4.69, 9.17) is 4.74 Å². The molecule has 0 radical (unpaired) electrons. The van der Waals surface area contributed by atoms with Crippen molar-refractivity contribution in [3.8, 4) is 6.01 Å². The van der Waals surface area contributed by atoms with Crippen LogP contribution in [0, 0.1) is 0 Å². The van der Waals surface area contributed by atoms with Gasteiger partial charge in [-0.3, -0.25) is 0 Å². The molecule has 0 saturated heterocycles. The van der Waals surface area contributed by atoms with E-state index in [1.807, 2.05) is 0 Å². The third kappa shape index (κ3) is 3.66. The Hall–Kier alpha value is -1.63. The summed E-state index contributed by atoms with van der Waals surface area (Å²) < 4.78 is 5.01. The number of hydrogen-bond donors (Lipinski definition) is 3. The Morgan fingerprint density at radius 2 is 1.84 bits per heavy atom. The molecule has 0 unspecified atom stereocenters. The van der Waals surface area contributed by atoms with Crippen molar-refractivity contribution in [1.29, 1.82) is 0 Å². The van der Waals surface area contributed by atoms with Crippen LogP contribution in [0.3, 0.4) is 0 Å². The lowest BCUT2D eigenvalue weighted by Gasteiger charge is -2.32. The Morgan fingerprint density at radius 1 is 1.16 bits per heavy atom. The van der Waals surface area contributed by atoms with Gasteiger partial charge in [0.05, 0.1) is 12.7 Å². The van der Waals surface area contributed by atoms with Gasteiger partial charge >= 0.3 is 6.01 Å². The van der Waals surface area contributed by atoms with Crippen LogP contribution in [0.1, 0.15) is 32.1 Å². The van der Waals surface area contributed by atoms with E-state index in [0.717, 1.165) is 25.7 Å². The largest absolute Gasteiger partial charge is 0.467 e. The van der Waals surface area contributed by atoms with Crippen LogP contribution in [0.4, 0.5) is 11.9 Å². The number of aromatic nitrogens is 3. The molecule has 1 heterocycles. The second kappa shape index (κ2) is 6.01. The summed E-state index contributed by atoms with van der Waals surface area (Å²) in [4.78, 5) is 12.3. The highest BCUT2D eigenvalue weighted by atomic mass is 16.5. The Bertz CT molecular complexity index is 398. The maximum absolute atomic E-state index is 10.4. The van der Waals surface area contributed by atoms with Gasteiger partial charge in [0.2, 0.25) is 11.9 Å². The van der Waals surface area contributed by atoms with Gasteiger partial charge in [-0.1, -0.05) is 19.3 Å². The summed E-state index contributed by atoms with van der Waals surface area (Å²) in [5, 5.41) is 16.3. The number of anilines is 2. The second-order valence-corrected chi connectivity index (χ2v) is 4.86. The summed E-state index contributed by atoms with van der Waals surface area (Å²) in [5.41, 5.74) is -0.655. The third-order valence-corrected chi connectivity index (χ3v) is 3.38. The first kappa shape index (κ1) is 13.8. The van der Waals surface area contributed by atoms with Gasteiger partial charge in [-0.05, 0) is 12.8 Å². The highest BCUT2D eigenvalue weighted by Gasteiger charge is 2.29. The summed E-state index contributed by atoms with van der Waals surface area (Å²) in [7, 11) is 3.24. The van der Waals surface area contributed by atoms with Crippen molar-refractivity contribution in [2.75, 3.05) is 31.3 Å². The quantitative estimate of drug-likeness (QED) is 0.733. The smallest absolute Gasteiger partial charge is 0.322 e. The fourth-order valence-electron chi connectivity index (χ4n) is 2.27. The lowest BCUT2D eigenvalue weighted by atomic mass is 9.85. The zero-order valence-corrected chi connectivity index (χ0v) is 11.4. The highest BCUT2D eigenvalue weighted by Crippen LogP contribution is 2.28. The molecular formula is C12H21N5O2. The third-order valence-electron chi connectivity index (χ3n) is 3.38. The van der Waals surface area contributed by atoms with E-state index < -0.39 is 5.60 Å². The minimum Gasteiger partial charge on any atom is -0.467 e. The molecule has 106 valence electrons. The van der Waals surface area contributed by atoms with Gasteiger partial charge < -0.3 is 20.5 Å². The molecule has 0 bridgehead atoms. The van der Waals surface area contributed by atoms with E-state index in [0.29, 0.717) is 18.4 Å². The molecule has 0 aromatic carbocycles. The first-order chi connectivity index (χ1) is 9.15. The highest BCUT2D eigenvalue weighted by molar-refractivity contribution is 5.35. The normalized spacial score (nSPS) is 17.8. The average molecular weight is 267 g/mol. The van der Waals surface area contributed by atoms with Gasteiger partial charge in [-0.15, -0.1) is 0 Å². The first-order valence-corrected chi connectivity index (χ1v) is 6.59. The van der Waals surface area contributed by atoms with Crippen molar-refractivity contribution in [2.24, 2.45) is 0 Å². The predicted octanol–water partition coefficient (Wildman–Crippen LogP) is 1.03. The molecule has 19 heavy (non-hydrogen) atoms. The first-order valence-electron chi connectivity index (χ1n) is 6.59. The second-order valence-electron chi connectivity index (χ2n) is 4.86. The summed E-state index contributed by atoms with van der Waals surface area (Å²) in [6, 6.07) is 0.248. The zero-order chi connectivity index (χ0) is 13.7. The SMILES string of the molecule is CNc1nc(NCC2(O)CCCCC2)nc(OC)n1. The Labute approximate surface area is 112 Å². The van der Waals surface area contributed by atoms with E-state index in [-0.39, 0.29) is 6.01 Å². The molecule has 1 aromatic rings. The van der Waals surface area contributed by atoms with Gasteiger partial charge in [0.25, 0.3) is 0 Å². The Morgan fingerprint density at radius 3 is 2.47 bits per heavy atom. The van der Waals surface area contributed by atoms with Crippen LogP contribution < -0.4 is 15.4 Å². The van der Waals surface area contributed by atoms with Crippen molar-refractivity contribution in [2.45, 2.75) is 37.7 Å². The number of methoxy groups -OCH3 is 1. The summed E-state index contributed by atoms with van der Waals surface area (Å²) in [6.07, 6.45) is 4.98. The number of hydrogen-bond acceptors (Lipinski definition) is 7. The molecule has 3 N–H and O–H groups in total. The molecule has 0 amide bonds. The van der Waals surface area contributed by atoms with E-state index in [1.165, 1.54) is 13.5 Å². The average Bonchev–Trinajstić information content (AvgIpc) is 2.45. The van der Waals surface area contributed by atoms with Crippen LogP contribution in [-0.4, -0.2) is 46.4 Å². The lowest BCUT2D eigenvalue weighted by molar-refractivity contribution is 0.0165. The molecular weight excluding hydrogens is 246 g/mol. The van der Waals surface area contributed by atoms with Gasteiger partial charge in [0.15, 0.2) is 0 Å². The van der Waals surface area contributed by atoms with Crippen LogP contribution in [0.2, 0.25) is 0 Å². The van der Waals surface area contributed by atoms with Gasteiger partial charge in [0.1, 0.15) is 0 Å². The molecule has 7 nitrogen and oxygen atoms in total. The van der Waals surface area contributed by atoms with Gasteiger partial charge in [-0.2, -0.15) is 15.0 Å². The molecule has 1 aliphatic rings. The molecule has 0 spiro atoms. The number of aliphatic hydroxyl groups is 1. The van der Waals surface area contributed by atoms with E-state index in [1.54, 1.807) is 7.05 Å².